The Bertz CT molecular complexity index is 432. The molecule has 1 amide bonds. The number of benzene rings is 1. The van der Waals surface area contributed by atoms with Crippen molar-refractivity contribution >= 4 is 17.5 Å². The van der Waals surface area contributed by atoms with E-state index < -0.39 is 0 Å². The van der Waals surface area contributed by atoms with Crippen LogP contribution in [0.3, 0.4) is 0 Å². The fraction of sp³-hybridized carbons (Fsp3) is 0.500. The van der Waals surface area contributed by atoms with Gasteiger partial charge in [0, 0.05) is 17.1 Å². The standard InChI is InChI=1S/C14H19ClN2O/c1-10(12-5-3-4-6-13(12)15)17(2)9-14(18)16-11-7-8-11/h3-6,10-11H,7-9H2,1-2H3,(H,16,18)/t10-/m1/s1. The molecule has 1 saturated carbocycles. The first-order valence-electron chi connectivity index (χ1n) is 6.32. The number of hydrogen-bond acceptors (Lipinski definition) is 2. The maximum Gasteiger partial charge on any atom is 0.234 e. The smallest absolute Gasteiger partial charge is 0.234 e. The van der Waals surface area contributed by atoms with Crippen LogP contribution in [0, 0.1) is 0 Å². The molecule has 0 bridgehead atoms. The van der Waals surface area contributed by atoms with Crippen LogP contribution in [0.4, 0.5) is 0 Å². The lowest BCUT2D eigenvalue weighted by Crippen LogP contribution is -2.37. The third-order valence-corrected chi connectivity index (χ3v) is 3.70. The molecule has 1 aromatic rings. The van der Waals surface area contributed by atoms with E-state index in [-0.39, 0.29) is 11.9 Å². The van der Waals surface area contributed by atoms with Crippen LogP contribution in [0.1, 0.15) is 31.4 Å². The zero-order valence-electron chi connectivity index (χ0n) is 10.8. The molecule has 2 rings (SSSR count). The number of nitrogens with zero attached hydrogens (tertiary/aromatic N) is 1. The van der Waals surface area contributed by atoms with E-state index >= 15 is 0 Å². The van der Waals surface area contributed by atoms with Crippen molar-refractivity contribution in [1.29, 1.82) is 0 Å². The second-order valence-corrected chi connectivity index (χ2v) is 5.36. The second-order valence-electron chi connectivity index (χ2n) is 4.95. The predicted octanol–water partition coefficient (Wildman–Crippen LogP) is 2.61. The molecule has 0 radical (unpaired) electrons. The highest BCUT2D eigenvalue weighted by atomic mass is 35.5. The van der Waals surface area contributed by atoms with Crippen LogP contribution in [0.2, 0.25) is 5.02 Å². The molecule has 1 fully saturated rings. The van der Waals surface area contributed by atoms with Gasteiger partial charge in [-0.1, -0.05) is 29.8 Å². The largest absolute Gasteiger partial charge is 0.352 e. The van der Waals surface area contributed by atoms with Crippen molar-refractivity contribution in [2.75, 3.05) is 13.6 Å². The highest BCUT2D eigenvalue weighted by molar-refractivity contribution is 6.31. The Morgan fingerprint density at radius 2 is 2.17 bits per heavy atom. The number of carbonyl (C=O) groups is 1. The van der Waals surface area contributed by atoms with E-state index in [9.17, 15) is 4.79 Å². The number of amides is 1. The summed E-state index contributed by atoms with van der Waals surface area (Å²) < 4.78 is 0. The van der Waals surface area contributed by atoms with E-state index in [0.717, 1.165) is 23.4 Å². The molecule has 0 saturated heterocycles. The molecule has 98 valence electrons. The average molecular weight is 267 g/mol. The van der Waals surface area contributed by atoms with Gasteiger partial charge >= 0.3 is 0 Å². The number of rotatable bonds is 5. The highest BCUT2D eigenvalue weighted by Gasteiger charge is 2.24. The molecule has 0 heterocycles. The summed E-state index contributed by atoms with van der Waals surface area (Å²) in [5.74, 6) is 0.0962. The van der Waals surface area contributed by atoms with Crippen LogP contribution >= 0.6 is 11.6 Å². The lowest BCUT2D eigenvalue weighted by Gasteiger charge is -2.25. The van der Waals surface area contributed by atoms with E-state index in [1.54, 1.807) is 0 Å². The average Bonchev–Trinajstić information content (AvgIpc) is 3.12. The van der Waals surface area contributed by atoms with E-state index in [2.05, 4.69) is 12.2 Å². The Labute approximate surface area is 113 Å². The van der Waals surface area contributed by atoms with Crippen LogP contribution in [0.15, 0.2) is 24.3 Å². The van der Waals surface area contributed by atoms with Gasteiger partial charge in [0.15, 0.2) is 0 Å². The Morgan fingerprint density at radius 1 is 1.50 bits per heavy atom. The predicted molar refractivity (Wildman–Crippen MR) is 73.7 cm³/mol. The summed E-state index contributed by atoms with van der Waals surface area (Å²) in [5, 5.41) is 3.74. The third kappa shape index (κ3) is 3.47. The Hall–Kier alpha value is -1.06. The van der Waals surface area contributed by atoms with Crippen LogP contribution in [0.5, 0.6) is 0 Å². The van der Waals surface area contributed by atoms with Crippen LogP contribution in [-0.4, -0.2) is 30.4 Å². The molecule has 0 unspecified atom stereocenters. The maximum atomic E-state index is 11.7. The molecule has 1 aliphatic carbocycles. The second kappa shape index (κ2) is 5.72. The van der Waals surface area contributed by atoms with Crippen LogP contribution in [0.25, 0.3) is 0 Å². The van der Waals surface area contributed by atoms with Crippen molar-refractivity contribution in [2.24, 2.45) is 0 Å². The molecular weight excluding hydrogens is 248 g/mol. The molecule has 18 heavy (non-hydrogen) atoms. The summed E-state index contributed by atoms with van der Waals surface area (Å²) in [4.78, 5) is 13.8. The van der Waals surface area contributed by atoms with Crippen molar-refractivity contribution in [3.8, 4) is 0 Å². The normalized spacial score (nSPS) is 16.7. The molecule has 4 heteroatoms. The van der Waals surface area contributed by atoms with Gasteiger partial charge in [0.05, 0.1) is 6.54 Å². The van der Waals surface area contributed by atoms with Gasteiger partial charge in [0.1, 0.15) is 0 Å². The van der Waals surface area contributed by atoms with Gasteiger partial charge in [-0.3, -0.25) is 9.69 Å². The lowest BCUT2D eigenvalue weighted by molar-refractivity contribution is -0.122. The quantitative estimate of drug-likeness (QED) is 0.889. The Balaban J connectivity index is 1.93. The van der Waals surface area contributed by atoms with Gasteiger partial charge < -0.3 is 5.32 Å². The van der Waals surface area contributed by atoms with Crippen LogP contribution in [-0.2, 0) is 4.79 Å². The zero-order valence-corrected chi connectivity index (χ0v) is 11.6. The van der Waals surface area contributed by atoms with Crippen molar-refractivity contribution < 1.29 is 4.79 Å². The molecule has 1 aliphatic rings. The van der Waals surface area contributed by atoms with Gasteiger partial charge in [-0.15, -0.1) is 0 Å². The fourth-order valence-corrected chi connectivity index (χ4v) is 2.21. The van der Waals surface area contributed by atoms with E-state index in [0.29, 0.717) is 12.6 Å². The third-order valence-electron chi connectivity index (χ3n) is 3.35. The SMILES string of the molecule is C[C@H](c1ccccc1Cl)N(C)CC(=O)NC1CC1. The summed E-state index contributed by atoms with van der Waals surface area (Å²) in [7, 11) is 1.94. The van der Waals surface area contributed by atoms with Gasteiger partial charge in [-0.2, -0.15) is 0 Å². The molecule has 0 spiro atoms. The minimum absolute atomic E-state index is 0.0962. The summed E-state index contributed by atoms with van der Waals surface area (Å²) in [6.45, 7) is 2.47. The maximum absolute atomic E-state index is 11.7. The minimum atomic E-state index is 0.0962. The van der Waals surface area contributed by atoms with Gasteiger partial charge in [0.2, 0.25) is 5.91 Å². The summed E-state index contributed by atoms with van der Waals surface area (Å²) >= 11 is 6.17. The first-order chi connectivity index (χ1) is 8.58. The van der Waals surface area contributed by atoms with Crippen molar-refractivity contribution in [3.63, 3.8) is 0 Å². The number of nitrogens with one attached hydrogen (secondary N) is 1. The molecule has 0 aromatic heterocycles. The fourth-order valence-electron chi connectivity index (χ4n) is 1.92. The molecule has 1 atom stereocenters. The molecular formula is C14H19ClN2O. The van der Waals surface area contributed by atoms with Gasteiger partial charge in [0.25, 0.3) is 0 Å². The summed E-state index contributed by atoms with van der Waals surface area (Å²) in [6, 6.07) is 8.31. The number of carbonyl (C=O) groups excluding carboxylic acids is 1. The highest BCUT2D eigenvalue weighted by Crippen LogP contribution is 2.26. The molecule has 1 N–H and O–H groups in total. The monoisotopic (exact) mass is 266 g/mol. The molecule has 3 nitrogen and oxygen atoms in total. The van der Waals surface area contributed by atoms with Crippen molar-refractivity contribution in [2.45, 2.75) is 31.8 Å². The molecule has 0 aliphatic heterocycles. The Kier molecular flexibility index (Phi) is 4.25. The van der Waals surface area contributed by atoms with E-state index in [1.807, 2.05) is 36.2 Å². The van der Waals surface area contributed by atoms with Crippen molar-refractivity contribution in [3.05, 3.63) is 34.9 Å². The number of halogens is 1. The Morgan fingerprint density at radius 3 is 2.78 bits per heavy atom. The summed E-state index contributed by atoms with van der Waals surface area (Å²) in [6.07, 6.45) is 2.24. The number of likely N-dealkylation sites (N-methyl/N-ethyl adjacent to an activating group) is 1. The molecule has 1 aromatic carbocycles. The summed E-state index contributed by atoms with van der Waals surface area (Å²) in [5.41, 5.74) is 1.06. The van der Waals surface area contributed by atoms with Crippen LogP contribution < -0.4 is 5.32 Å². The minimum Gasteiger partial charge on any atom is -0.352 e. The first kappa shape index (κ1) is 13.4. The topological polar surface area (TPSA) is 32.3 Å². The van der Waals surface area contributed by atoms with Crippen molar-refractivity contribution in [1.82, 2.24) is 10.2 Å². The number of hydrogen-bond donors (Lipinski definition) is 1. The van der Waals surface area contributed by atoms with Gasteiger partial charge in [-0.05, 0) is 38.4 Å². The first-order valence-corrected chi connectivity index (χ1v) is 6.69. The van der Waals surface area contributed by atoms with E-state index in [1.165, 1.54) is 0 Å². The van der Waals surface area contributed by atoms with E-state index in [4.69, 9.17) is 11.6 Å². The lowest BCUT2D eigenvalue weighted by atomic mass is 10.1. The van der Waals surface area contributed by atoms with Gasteiger partial charge in [-0.25, -0.2) is 0 Å². The zero-order chi connectivity index (χ0) is 13.1.